The summed E-state index contributed by atoms with van der Waals surface area (Å²) in [6.07, 6.45) is 2.09. The van der Waals surface area contributed by atoms with Crippen LogP contribution in [0.5, 0.6) is 0 Å². The summed E-state index contributed by atoms with van der Waals surface area (Å²) in [6.45, 7) is 9.48. The Hall–Kier alpha value is -1.12. The minimum absolute atomic E-state index is 0.401. The molecule has 96 valence electrons. The van der Waals surface area contributed by atoms with Gasteiger partial charge in [-0.25, -0.2) is 0 Å². The molecule has 0 amide bonds. The van der Waals surface area contributed by atoms with Gasteiger partial charge in [0.1, 0.15) is 0 Å². The van der Waals surface area contributed by atoms with Crippen molar-refractivity contribution in [3.8, 4) is 0 Å². The van der Waals surface area contributed by atoms with E-state index in [1.165, 1.54) is 21.2 Å². The van der Waals surface area contributed by atoms with Crippen molar-refractivity contribution in [1.82, 2.24) is 5.32 Å². The molecule has 2 aromatic rings. The quantitative estimate of drug-likeness (QED) is 0.727. The van der Waals surface area contributed by atoms with Crippen LogP contribution < -0.4 is 5.32 Å². The van der Waals surface area contributed by atoms with Gasteiger partial charge in [0.25, 0.3) is 0 Å². The lowest BCUT2D eigenvalue weighted by Gasteiger charge is -2.18. The van der Waals surface area contributed by atoms with Crippen molar-refractivity contribution in [2.45, 2.75) is 32.7 Å². The molecule has 1 atom stereocenters. The molecular formula is C16H21NS. The second kappa shape index (κ2) is 6.17. The molecule has 0 saturated heterocycles. The fourth-order valence-electron chi connectivity index (χ4n) is 2.24. The Bertz CT molecular complexity index is 527. The molecule has 2 heteroatoms. The number of benzene rings is 1. The summed E-state index contributed by atoms with van der Waals surface area (Å²) in [6, 6.07) is 9.05. The van der Waals surface area contributed by atoms with E-state index in [1.807, 2.05) is 11.3 Å². The molecule has 0 aliphatic heterocycles. The molecule has 0 aliphatic carbocycles. The van der Waals surface area contributed by atoms with Crippen LogP contribution in [0.25, 0.3) is 10.1 Å². The van der Waals surface area contributed by atoms with Gasteiger partial charge in [-0.2, -0.15) is 0 Å². The van der Waals surface area contributed by atoms with E-state index in [9.17, 15) is 0 Å². The second-order valence-corrected chi connectivity index (χ2v) is 5.52. The summed E-state index contributed by atoms with van der Waals surface area (Å²) in [5, 5.41) is 7.27. The van der Waals surface area contributed by atoms with E-state index in [1.54, 1.807) is 0 Å². The van der Waals surface area contributed by atoms with Gasteiger partial charge < -0.3 is 5.32 Å². The minimum Gasteiger partial charge on any atom is -0.310 e. The maximum Gasteiger partial charge on any atom is 0.0371 e. The van der Waals surface area contributed by atoms with Gasteiger partial charge in [0.05, 0.1) is 0 Å². The summed E-state index contributed by atoms with van der Waals surface area (Å²) in [7, 11) is 0. The number of thiophene rings is 1. The van der Waals surface area contributed by atoms with Crippen molar-refractivity contribution in [3.05, 3.63) is 47.4 Å². The molecule has 1 unspecified atom stereocenters. The van der Waals surface area contributed by atoms with Gasteiger partial charge in [0, 0.05) is 10.7 Å². The molecule has 1 aromatic carbocycles. The molecule has 0 radical (unpaired) electrons. The average Bonchev–Trinajstić information content (AvgIpc) is 2.82. The van der Waals surface area contributed by atoms with Crippen molar-refractivity contribution in [2.24, 2.45) is 0 Å². The Balaban J connectivity index is 2.32. The highest BCUT2D eigenvalue weighted by molar-refractivity contribution is 7.17. The number of fused-ring (bicyclic) bond motifs is 1. The SMILES string of the molecule is C=C(CC)CC(NCC)c1csc2ccccc12. The van der Waals surface area contributed by atoms with Gasteiger partial charge in [-0.3, -0.25) is 0 Å². The highest BCUT2D eigenvalue weighted by Crippen LogP contribution is 2.33. The van der Waals surface area contributed by atoms with Crippen LogP contribution in [0.1, 0.15) is 38.3 Å². The molecule has 1 aromatic heterocycles. The van der Waals surface area contributed by atoms with Gasteiger partial charge in [0.15, 0.2) is 0 Å². The van der Waals surface area contributed by atoms with Gasteiger partial charge in [0.2, 0.25) is 0 Å². The zero-order valence-electron chi connectivity index (χ0n) is 11.2. The zero-order valence-corrected chi connectivity index (χ0v) is 12.0. The van der Waals surface area contributed by atoms with Crippen molar-refractivity contribution < 1.29 is 0 Å². The molecule has 1 N–H and O–H groups in total. The third-order valence-corrected chi connectivity index (χ3v) is 4.31. The topological polar surface area (TPSA) is 12.0 Å². The first-order valence-corrected chi connectivity index (χ1v) is 7.50. The summed E-state index contributed by atoms with van der Waals surface area (Å²) in [5.74, 6) is 0. The van der Waals surface area contributed by atoms with E-state index in [0.29, 0.717) is 6.04 Å². The second-order valence-electron chi connectivity index (χ2n) is 4.61. The number of nitrogens with one attached hydrogen (secondary N) is 1. The Morgan fingerprint density at radius 3 is 2.83 bits per heavy atom. The van der Waals surface area contributed by atoms with Crippen molar-refractivity contribution >= 4 is 21.4 Å². The molecule has 0 spiro atoms. The molecule has 1 nitrogen and oxygen atoms in total. The van der Waals surface area contributed by atoms with Crippen LogP contribution in [0.2, 0.25) is 0 Å². The van der Waals surface area contributed by atoms with Gasteiger partial charge in [-0.05, 0) is 41.8 Å². The molecule has 0 aliphatic rings. The number of hydrogen-bond acceptors (Lipinski definition) is 2. The lowest BCUT2D eigenvalue weighted by atomic mass is 9.98. The van der Waals surface area contributed by atoms with Crippen LogP contribution in [-0.2, 0) is 0 Å². The third-order valence-electron chi connectivity index (χ3n) is 3.33. The molecule has 0 bridgehead atoms. The Labute approximate surface area is 114 Å². The predicted octanol–water partition coefficient (Wildman–Crippen LogP) is 4.91. The van der Waals surface area contributed by atoms with Gasteiger partial charge in [-0.1, -0.05) is 44.2 Å². The highest BCUT2D eigenvalue weighted by atomic mass is 32.1. The summed E-state index contributed by atoms with van der Waals surface area (Å²) < 4.78 is 1.37. The van der Waals surface area contributed by atoms with Crippen LogP contribution in [0, 0.1) is 0 Å². The molecule has 0 saturated carbocycles. The Morgan fingerprint density at radius 2 is 2.11 bits per heavy atom. The lowest BCUT2D eigenvalue weighted by molar-refractivity contribution is 0.547. The summed E-state index contributed by atoms with van der Waals surface area (Å²) in [5.41, 5.74) is 2.74. The van der Waals surface area contributed by atoms with Crippen LogP contribution in [0.4, 0.5) is 0 Å². The molecule has 1 heterocycles. The van der Waals surface area contributed by atoms with E-state index in [4.69, 9.17) is 0 Å². The normalized spacial score (nSPS) is 12.8. The fourth-order valence-corrected chi connectivity index (χ4v) is 3.25. The Morgan fingerprint density at radius 1 is 1.33 bits per heavy atom. The number of hydrogen-bond donors (Lipinski definition) is 1. The van der Waals surface area contributed by atoms with Crippen LogP contribution in [0.15, 0.2) is 41.8 Å². The largest absolute Gasteiger partial charge is 0.310 e. The third kappa shape index (κ3) is 2.82. The summed E-state index contributed by atoms with van der Waals surface area (Å²) >= 11 is 1.83. The van der Waals surface area contributed by atoms with Crippen LogP contribution >= 0.6 is 11.3 Å². The Kier molecular flexibility index (Phi) is 4.56. The smallest absolute Gasteiger partial charge is 0.0371 e. The number of rotatable bonds is 6. The van der Waals surface area contributed by atoms with E-state index < -0.39 is 0 Å². The van der Waals surface area contributed by atoms with Crippen LogP contribution in [0.3, 0.4) is 0 Å². The van der Waals surface area contributed by atoms with Crippen molar-refractivity contribution in [1.29, 1.82) is 0 Å². The summed E-state index contributed by atoms with van der Waals surface area (Å²) in [4.78, 5) is 0. The van der Waals surface area contributed by atoms with Gasteiger partial charge in [-0.15, -0.1) is 11.3 Å². The monoisotopic (exact) mass is 259 g/mol. The molecule has 2 rings (SSSR count). The fraction of sp³-hybridized carbons (Fsp3) is 0.375. The predicted molar refractivity (Wildman–Crippen MR) is 82.3 cm³/mol. The molecule has 0 fully saturated rings. The van der Waals surface area contributed by atoms with E-state index in [0.717, 1.165) is 19.4 Å². The highest BCUT2D eigenvalue weighted by Gasteiger charge is 2.15. The maximum absolute atomic E-state index is 4.15. The zero-order chi connectivity index (χ0) is 13.0. The average molecular weight is 259 g/mol. The van der Waals surface area contributed by atoms with Crippen molar-refractivity contribution in [3.63, 3.8) is 0 Å². The maximum atomic E-state index is 4.15. The first-order chi connectivity index (χ1) is 8.76. The first kappa shape index (κ1) is 13.3. The molecular weight excluding hydrogens is 238 g/mol. The van der Waals surface area contributed by atoms with Crippen molar-refractivity contribution in [2.75, 3.05) is 6.54 Å². The van der Waals surface area contributed by atoms with Crippen LogP contribution in [-0.4, -0.2) is 6.54 Å². The standard InChI is InChI=1S/C16H21NS/c1-4-12(3)10-15(17-5-2)14-11-18-16-9-7-6-8-13(14)16/h6-9,11,15,17H,3-5,10H2,1-2H3. The minimum atomic E-state index is 0.401. The molecule has 18 heavy (non-hydrogen) atoms. The van der Waals surface area contributed by atoms with E-state index in [-0.39, 0.29) is 0 Å². The first-order valence-electron chi connectivity index (χ1n) is 6.62. The van der Waals surface area contributed by atoms with E-state index >= 15 is 0 Å². The van der Waals surface area contributed by atoms with E-state index in [2.05, 4.69) is 55.4 Å². The van der Waals surface area contributed by atoms with Gasteiger partial charge >= 0.3 is 0 Å². The lowest BCUT2D eigenvalue weighted by Crippen LogP contribution is -2.21.